The fraction of sp³-hybridized carbons (Fsp3) is 0.0667. The molecule has 0 N–H and O–H groups in total. The quantitative estimate of drug-likeness (QED) is 0.650. The summed E-state index contributed by atoms with van der Waals surface area (Å²) in [7, 11) is 0. The lowest BCUT2D eigenvalue weighted by Gasteiger charge is -2.08. The first kappa shape index (κ1) is 12.3. The zero-order valence-electron chi connectivity index (χ0n) is 10.4. The van der Waals surface area contributed by atoms with E-state index in [1.54, 1.807) is 6.20 Å². The second-order valence-corrected chi connectivity index (χ2v) is 5.51. The van der Waals surface area contributed by atoms with E-state index in [9.17, 15) is 0 Å². The summed E-state index contributed by atoms with van der Waals surface area (Å²) in [5.74, 6) is 0. The van der Waals surface area contributed by atoms with Crippen LogP contribution in [0.15, 0.2) is 54.7 Å². The van der Waals surface area contributed by atoms with E-state index in [-0.39, 0.29) is 0 Å². The van der Waals surface area contributed by atoms with Gasteiger partial charge >= 0.3 is 0 Å². The van der Waals surface area contributed by atoms with Gasteiger partial charge < -0.3 is 0 Å². The number of benzene rings is 2. The van der Waals surface area contributed by atoms with Crippen LogP contribution in [-0.4, -0.2) is 15.0 Å². The summed E-state index contributed by atoms with van der Waals surface area (Å²) in [6, 6.07) is 16.5. The van der Waals surface area contributed by atoms with Gasteiger partial charge in [0.15, 0.2) is 0 Å². The molecule has 0 saturated heterocycles. The summed E-state index contributed by atoms with van der Waals surface area (Å²) < 4.78 is 3.03. The first-order valence-corrected chi connectivity index (χ1v) is 7.06. The third-order valence-corrected chi connectivity index (χ3v) is 3.89. The van der Waals surface area contributed by atoms with Crippen LogP contribution in [0.4, 0.5) is 0 Å². The minimum atomic E-state index is 1.00. The number of hydrogen-bond acceptors (Lipinski definition) is 2. The van der Waals surface area contributed by atoms with Crippen LogP contribution >= 0.6 is 22.6 Å². The highest BCUT2D eigenvalue weighted by molar-refractivity contribution is 14.1. The molecule has 3 rings (SSSR count). The van der Waals surface area contributed by atoms with Crippen molar-refractivity contribution in [3.8, 4) is 16.9 Å². The van der Waals surface area contributed by atoms with Crippen LogP contribution in [0.25, 0.3) is 16.9 Å². The summed E-state index contributed by atoms with van der Waals surface area (Å²) >= 11 is 2.31. The molecule has 0 aliphatic carbocycles. The molecular formula is C15H12IN3. The number of para-hydroxylation sites is 1. The Morgan fingerprint density at radius 3 is 2.47 bits per heavy atom. The summed E-state index contributed by atoms with van der Waals surface area (Å²) in [5, 5.41) is 8.26. The monoisotopic (exact) mass is 361 g/mol. The predicted molar refractivity (Wildman–Crippen MR) is 84.2 cm³/mol. The summed E-state index contributed by atoms with van der Waals surface area (Å²) in [6.07, 6.45) is 1.80. The van der Waals surface area contributed by atoms with Crippen LogP contribution in [0, 0.1) is 10.5 Å². The van der Waals surface area contributed by atoms with Crippen molar-refractivity contribution in [1.82, 2.24) is 15.0 Å². The molecule has 0 atom stereocenters. The van der Waals surface area contributed by atoms with Gasteiger partial charge in [-0.3, -0.25) is 0 Å². The van der Waals surface area contributed by atoms with Crippen molar-refractivity contribution in [2.45, 2.75) is 6.92 Å². The zero-order valence-corrected chi connectivity index (χ0v) is 12.6. The Balaban J connectivity index is 2.13. The second-order valence-electron chi connectivity index (χ2n) is 4.35. The third-order valence-electron chi connectivity index (χ3n) is 2.98. The molecule has 2 aromatic carbocycles. The number of aryl methyl sites for hydroxylation is 1. The maximum absolute atomic E-state index is 4.21. The first-order chi connectivity index (χ1) is 9.25. The van der Waals surface area contributed by atoms with Crippen molar-refractivity contribution in [2.75, 3.05) is 0 Å². The standard InChI is InChI=1S/C15H12IN3/c1-11-6-8-12(9-7-11)15-10-17-18-19(15)14-5-3-2-4-13(14)16/h2-10H,1H3. The maximum atomic E-state index is 4.21. The second kappa shape index (κ2) is 5.13. The van der Waals surface area contributed by atoms with E-state index in [2.05, 4.69) is 70.2 Å². The van der Waals surface area contributed by atoms with Gasteiger partial charge in [-0.1, -0.05) is 47.2 Å². The lowest BCUT2D eigenvalue weighted by Crippen LogP contribution is -2.01. The molecule has 0 amide bonds. The molecule has 0 fully saturated rings. The maximum Gasteiger partial charge on any atom is 0.0944 e. The molecule has 3 nitrogen and oxygen atoms in total. The molecule has 0 radical (unpaired) electrons. The molecule has 3 aromatic rings. The molecule has 0 aliphatic heterocycles. The molecule has 1 heterocycles. The lowest BCUT2D eigenvalue weighted by molar-refractivity contribution is 0.805. The van der Waals surface area contributed by atoms with Gasteiger partial charge in [0, 0.05) is 9.13 Å². The van der Waals surface area contributed by atoms with E-state index in [1.807, 2.05) is 22.9 Å². The fourth-order valence-electron chi connectivity index (χ4n) is 1.96. The van der Waals surface area contributed by atoms with Gasteiger partial charge in [0.05, 0.1) is 17.6 Å². The number of aromatic nitrogens is 3. The smallest absolute Gasteiger partial charge is 0.0944 e. The molecule has 94 valence electrons. The fourth-order valence-corrected chi connectivity index (χ4v) is 2.57. The minimum Gasteiger partial charge on any atom is -0.212 e. The van der Waals surface area contributed by atoms with E-state index in [0.29, 0.717) is 0 Å². The van der Waals surface area contributed by atoms with E-state index in [0.717, 1.165) is 20.5 Å². The van der Waals surface area contributed by atoms with Crippen LogP contribution < -0.4 is 0 Å². The van der Waals surface area contributed by atoms with Crippen LogP contribution in [0.3, 0.4) is 0 Å². The number of rotatable bonds is 2. The first-order valence-electron chi connectivity index (χ1n) is 5.98. The minimum absolute atomic E-state index is 1.00. The van der Waals surface area contributed by atoms with Crippen LogP contribution in [-0.2, 0) is 0 Å². The van der Waals surface area contributed by atoms with Gasteiger partial charge in [0.25, 0.3) is 0 Å². The predicted octanol–water partition coefficient (Wildman–Crippen LogP) is 3.85. The van der Waals surface area contributed by atoms with Gasteiger partial charge in [0.1, 0.15) is 0 Å². The summed E-state index contributed by atoms with van der Waals surface area (Å²) in [6.45, 7) is 2.08. The third kappa shape index (κ3) is 2.40. The zero-order chi connectivity index (χ0) is 13.2. The van der Waals surface area contributed by atoms with Crippen molar-refractivity contribution in [3.05, 3.63) is 63.9 Å². The van der Waals surface area contributed by atoms with Gasteiger partial charge in [-0.05, 0) is 41.6 Å². The largest absolute Gasteiger partial charge is 0.212 e. The molecule has 1 aromatic heterocycles. The van der Waals surface area contributed by atoms with Gasteiger partial charge in [0.2, 0.25) is 0 Å². The molecule has 0 bridgehead atoms. The average Bonchev–Trinajstić information content (AvgIpc) is 2.89. The van der Waals surface area contributed by atoms with Crippen LogP contribution in [0.1, 0.15) is 5.56 Å². The summed E-state index contributed by atoms with van der Waals surface area (Å²) in [4.78, 5) is 0. The molecule has 0 unspecified atom stereocenters. The number of nitrogens with zero attached hydrogens (tertiary/aromatic N) is 3. The van der Waals surface area contributed by atoms with Gasteiger partial charge in [-0.2, -0.15) is 0 Å². The molecule has 4 heteroatoms. The topological polar surface area (TPSA) is 30.7 Å². The SMILES string of the molecule is Cc1ccc(-c2cnnn2-c2ccccc2I)cc1. The van der Waals surface area contributed by atoms with Crippen molar-refractivity contribution in [1.29, 1.82) is 0 Å². The molecule has 0 saturated carbocycles. The molecule has 0 aliphatic rings. The van der Waals surface area contributed by atoms with Gasteiger partial charge in [-0.15, -0.1) is 5.10 Å². The van der Waals surface area contributed by atoms with E-state index in [1.165, 1.54) is 5.56 Å². The van der Waals surface area contributed by atoms with Crippen LogP contribution in [0.5, 0.6) is 0 Å². The van der Waals surface area contributed by atoms with Crippen molar-refractivity contribution in [3.63, 3.8) is 0 Å². The Morgan fingerprint density at radius 1 is 1.00 bits per heavy atom. The Bertz CT molecular complexity index is 701. The van der Waals surface area contributed by atoms with E-state index < -0.39 is 0 Å². The highest BCUT2D eigenvalue weighted by Gasteiger charge is 2.10. The summed E-state index contributed by atoms with van der Waals surface area (Å²) in [5.41, 5.74) is 4.42. The molecule has 0 spiro atoms. The molecular weight excluding hydrogens is 349 g/mol. The Morgan fingerprint density at radius 2 is 1.74 bits per heavy atom. The normalized spacial score (nSPS) is 10.6. The highest BCUT2D eigenvalue weighted by Crippen LogP contribution is 2.24. The lowest BCUT2D eigenvalue weighted by atomic mass is 10.1. The van der Waals surface area contributed by atoms with Crippen molar-refractivity contribution >= 4 is 22.6 Å². The number of halogens is 1. The highest BCUT2D eigenvalue weighted by atomic mass is 127. The van der Waals surface area contributed by atoms with E-state index >= 15 is 0 Å². The Kier molecular flexibility index (Phi) is 3.33. The molecule has 19 heavy (non-hydrogen) atoms. The average molecular weight is 361 g/mol. The number of hydrogen-bond donors (Lipinski definition) is 0. The van der Waals surface area contributed by atoms with Gasteiger partial charge in [-0.25, -0.2) is 4.68 Å². The van der Waals surface area contributed by atoms with Crippen LogP contribution in [0.2, 0.25) is 0 Å². The van der Waals surface area contributed by atoms with E-state index in [4.69, 9.17) is 0 Å². The van der Waals surface area contributed by atoms with Crippen molar-refractivity contribution < 1.29 is 0 Å². The van der Waals surface area contributed by atoms with Crippen molar-refractivity contribution in [2.24, 2.45) is 0 Å². The Hall–Kier alpha value is -1.69. The Labute approximate surface area is 125 Å².